The lowest BCUT2D eigenvalue weighted by Gasteiger charge is -2.18. The normalized spacial score (nSPS) is 19.2. The summed E-state index contributed by atoms with van der Waals surface area (Å²) in [6, 6.07) is 17.5. The molecule has 0 radical (unpaired) electrons. The molecule has 1 unspecified atom stereocenters. The number of amides is 1. The van der Waals surface area contributed by atoms with E-state index >= 15 is 0 Å². The number of thiocarbonyl (C=S) groups is 1. The number of hydrogen-bond donors (Lipinski definition) is 0. The molecule has 182 valence electrons. The van der Waals surface area contributed by atoms with E-state index in [4.69, 9.17) is 31.2 Å². The summed E-state index contributed by atoms with van der Waals surface area (Å²) in [5, 5.41) is 5.75. The van der Waals surface area contributed by atoms with Crippen LogP contribution in [-0.2, 0) is 9.53 Å². The van der Waals surface area contributed by atoms with Gasteiger partial charge in [0.1, 0.15) is 10.0 Å². The van der Waals surface area contributed by atoms with E-state index in [1.807, 2.05) is 66.9 Å². The van der Waals surface area contributed by atoms with Gasteiger partial charge < -0.3 is 13.9 Å². The number of methoxy groups -OCH3 is 1. The van der Waals surface area contributed by atoms with Crippen LogP contribution in [0, 0.1) is 0 Å². The largest absolute Gasteiger partial charge is 0.493 e. The Labute approximate surface area is 217 Å². The molecule has 0 spiro atoms. The number of carbonyl (C=O) groups excluding carboxylic acids is 1. The Bertz CT molecular complexity index is 1490. The molecule has 1 amide bonds. The zero-order valence-electron chi connectivity index (χ0n) is 19.5. The predicted octanol–water partition coefficient (Wildman–Crippen LogP) is 5.67. The van der Waals surface area contributed by atoms with E-state index in [1.165, 1.54) is 11.8 Å². The smallest absolute Gasteiger partial charge is 0.266 e. The summed E-state index contributed by atoms with van der Waals surface area (Å²) >= 11 is 6.85. The zero-order valence-corrected chi connectivity index (χ0v) is 21.2. The number of furan rings is 1. The molecule has 0 bridgehead atoms. The zero-order chi connectivity index (χ0) is 24.6. The lowest BCUT2D eigenvalue weighted by atomic mass is 10.1. The Hall–Kier alpha value is -3.40. The highest BCUT2D eigenvalue weighted by molar-refractivity contribution is 8.26. The summed E-state index contributed by atoms with van der Waals surface area (Å²) in [6.07, 6.45) is 5.75. The van der Waals surface area contributed by atoms with Gasteiger partial charge in [-0.15, -0.1) is 0 Å². The van der Waals surface area contributed by atoms with Crippen molar-refractivity contribution < 1.29 is 18.7 Å². The van der Waals surface area contributed by atoms with Crippen LogP contribution in [0.5, 0.6) is 5.75 Å². The maximum Gasteiger partial charge on any atom is 0.266 e. The summed E-state index contributed by atoms with van der Waals surface area (Å²) in [6.45, 7) is 1.22. The SMILES string of the molecule is COc1cccc2cc(-c3nn(-c4ccccc4)cc3/C=C3\SC(=S)N(CC4CCCO4)C3=O)oc12. The molecule has 2 aromatic carbocycles. The topological polar surface area (TPSA) is 69.7 Å². The first-order chi connectivity index (χ1) is 17.6. The van der Waals surface area contributed by atoms with E-state index in [1.54, 1.807) is 16.7 Å². The van der Waals surface area contributed by atoms with Gasteiger partial charge in [-0.05, 0) is 43.2 Å². The molecule has 0 N–H and O–H groups in total. The average Bonchev–Trinajstić information content (AvgIpc) is 3.69. The number of carbonyl (C=O) groups is 1. The van der Waals surface area contributed by atoms with E-state index < -0.39 is 0 Å². The van der Waals surface area contributed by atoms with Crippen molar-refractivity contribution in [2.24, 2.45) is 0 Å². The van der Waals surface area contributed by atoms with Gasteiger partial charge in [0.25, 0.3) is 5.91 Å². The fraction of sp³-hybridized carbons (Fsp3) is 0.222. The molecule has 6 rings (SSSR count). The van der Waals surface area contributed by atoms with E-state index in [0.717, 1.165) is 36.1 Å². The van der Waals surface area contributed by atoms with Crippen molar-refractivity contribution in [3.05, 3.63) is 71.3 Å². The number of ether oxygens (including phenoxy) is 2. The van der Waals surface area contributed by atoms with Crippen molar-refractivity contribution in [1.29, 1.82) is 0 Å². The molecule has 2 aliphatic rings. The molecule has 0 saturated carbocycles. The molecule has 4 heterocycles. The number of hydrogen-bond acceptors (Lipinski definition) is 7. The van der Waals surface area contributed by atoms with Crippen LogP contribution < -0.4 is 4.74 Å². The second kappa shape index (κ2) is 9.57. The second-order valence-corrected chi connectivity index (χ2v) is 10.3. The summed E-state index contributed by atoms with van der Waals surface area (Å²) in [5.74, 6) is 1.13. The minimum absolute atomic E-state index is 0.0359. The summed E-state index contributed by atoms with van der Waals surface area (Å²) < 4.78 is 19.7. The minimum Gasteiger partial charge on any atom is -0.493 e. The van der Waals surface area contributed by atoms with Gasteiger partial charge >= 0.3 is 0 Å². The fourth-order valence-electron chi connectivity index (χ4n) is 4.50. The van der Waals surface area contributed by atoms with Gasteiger partial charge in [0.15, 0.2) is 17.1 Å². The first kappa shape index (κ1) is 23.0. The Morgan fingerprint density at radius 1 is 1.22 bits per heavy atom. The minimum atomic E-state index is -0.106. The monoisotopic (exact) mass is 517 g/mol. The molecule has 36 heavy (non-hydrogen) atoms. The quantitative estimate of drug-likeness (QED) is 0.241. The summed E-state index contributed by atoms with van der Waals surface area (Å²) in [7, 11) is 1.62. The summed E-state index contributed by atoms with van der Waals surface area (Å²) in [4.78, 5) is 15.5. The molecular formula is C27H23N3O4S2. The third-order valence-electron chi connectivity index (χ3n) is 6.29. The van der Waals surface area contributed by atoms with E-state index in [-0.39, 0.29) is 12.0 Å². The third kappa shape index (κ3) is 4.23. The van der Waals surface area contributed by atoms with Gasteiger partial charge in [-0.2, -0.15) is 5.10 Å². The Morgan fingerprint density at radius 2 is 2.08 bits per heavy atom. The number of para-hydroxylation sites is 2. The van der Waals surface area contributed by atoms with Crippen molar-refractivity contribution in [3.8, 4) is 22.9 Å². The Morgan fingerprint density at radius 3 is 2.86 bits per heavy atom. The van der Waals surface area contributed by atoms with Crippen molar-refractivity contribution in [2.45, 2.75) is 18.9 Å². The predicted molar refractivity (Wildman–Crippen MR) is 144 cm³/mol. The van der Waals surface area contributed by atoms with Gasteiger partial charge in [-0.25, -0.2) is 4.68 Å². The number of thioether (sulfide) groups is 1. The molecule has 0 aliphatic carbocycles. The highest BCUT2D eigenvalue weighted by atomic mass is 32.2. The standard InChI is InChI=1S/C27H23N3O4S2/c1-32-21-11-5-7-17-13-22(34-25(17)21)24-18(15-30(28-24)19-8-3-2-4-9-19)14-23-26(31)29(27(35)36-23)16-20-10-6-12-33-20/h2-5,7-9,11,13-15,20H,6,10,12,16H2,1H3/b23-14-. The van der Waals surface area contributed by atoms with Crippen LogP contribution in [-0.4, -0.2) is 51.3 Å². The third-order valence-corrected chi connectivity index (χ3v) is 7.67. The van der Waals surface area contributed by atoms with Crippen LogP contribution in [0.15, 0.2) is 70.1 Å². The number of aromatic nitrogens is 2. The van der Waals surface area contributed by atoms with E-state index in [2.05, 4.69) is 0 Å². The maximum absolute atomic E-state index is 13.3. The van der Waals surface area contributed by atoms with Gasteiger partial charge in [0.2, 0.25) is 0 Å². The lowest BCUT2D eigenvalue weighted by molar-refractivity contribution is -0.123. The van der Waals surface area contributed by atoms with Crippen LogP contribution in [0.1, 0.15) is 18.4 Å². The highest BCUT2D eigenvalue weighted by Gasteiger charge is 2.35. The van der Waals surface area contributed by atoms with E-state index in [9.17, 15) is 4.79 Å². The van der Waals surface area contributed by atoms with Gasteiger partial charge in [0, 0.05) is 23.8 Å². The fourth-order valence-corrected chi connectivity index (χ4v) is 5.77. The molecule has 9 heteroatoms. The van der Waals surface area contributed by atoms with Crippen molar-refractivity contribution >= 4 is 51.3 Å². The van der Waals surface area contributed by atoms with Crippen LogP contribution in [0.3, 0.4) is 0 Å². The second-order valence-electron chi connectivity index (χ2n) is 8.63. The van der Waals surface area contributed by atoms with Crippen molar-refractivity contribution in [1.82, 2.24) is 14.7 Å². The molecule has 2 aliphatic heterocycles. The first-order valence-corrected chi connectivity index (χ1v) is 12.9. The first-order valence-electron chi connectivity index (χ1n) is 11.7. The average molecular weight is 518 g/mol. The Kier molecular flexibility index (Phi) is 6.12. The van der Waals surface area contributed by atoms with Crippen LogP contribution in [0.4, 0.5) is 0 Å². The molecule has 2 aromatic heterocycles. The number of benzene rings is 2. The lowest BCUT2D eigenvalue weighted by Crippen LogP contribution is -2.35. The van der Waals surface area contributed by atoms with Crippen molar-refractivity contribution in [2.75, 3.05) is 20.3 Å². The molecule has 1 atom stereocenters. The van der Waals surface area contributed by atoms with Crippen LogP contribution in [0.25, 0.3) is 34.2 Å². The van der Waals surface area contributed by atoms with Gasteiger partial charge in [-0.3, -0.25) is 9.69 Å². The van der Waals surface area contributed by atoms with Crippen LogP contribution >= 0.6 is 24.0 Å². The molecular weight excluding hydrogens is 494 g/mol. The molecule has 2 fully saturated rings. The summed E-state index contributed by atoms with van der Waals surface area (Å²) in [5.41, 5.74) is 2.94. The number of fused-ring (bicyclic) bond motifs is 1. The highest BCUT2D eigenvalue weighted by Crippen LogP contribution is 2.38. The molecule has 4 aromatic rings. The molecule has 7 nitrogen and oxygen atoms in total. The van der Waals surface area contributed by atoms with Gasteiger partial charge in [0.05, 0.1) is 30.4 Å². The Balaban J connectivity index is 1.41. The van der Waals surface area contributed by atoms with Crippen LogP contribution in [0.2, 0.25) is 0 Å². The van der Waals surface area contributed by atoms with Gasteiger partial charge in [-0.1, -0.05) is 54.3 Å². The van der Waals surface area contributed by atoms with E-state index in [0.29, 0.717) is 38.6 Å². The number of rotatable bonds is 6. The van der Waals surface area contributed by atoms with Crippen molar-refractivity contribution in [3.63, 3.8) is 0 Å². The number of nitrogens with zero attached hydrogens (tertiary/aromatic N) is 3. The molecule has 2 saturated heterocycles. The maximum atomic E-state index is 13.3.